The van der Waals surface area contributed by atoms with Crippen LogP contribution >= 0.6 is 34.8 Å². The van der Waals surface area contributed by atoms with Crippen LogP contribution < -0.4 is 0 Å². The lowest BCUT2D eigenvalue weighted by atomic mass is 10.1. The second-order valence-corrected chi connectivity index (χ2v) is 4.65. The smallest absolute Gasteiger partial charge is 0.337 e. The van der Waals surface area contributed by atoms with E-state index in [0.717, 1.165) is 0 Å². The van der Waals surface area contributed by atoms with Crippen molar-refractivity contribution in [2.75, 3.05) is 0 Å². The Labute approximate surface area is 118 Å². The Morgan fingerprint density at radius 3 is 2.50 bits per heavy atom. The van der Waals surface area contributed by atoms with Crippen molar-refractivity contribution in [2.45, 2.75) is 0 Å². The van der Waals surface area contributed by atoms with Crippen LogP contribution in [0.25, 0.3) is 11.1 Å². The van der Waals surface area contributed by atoms with E-state index in [1.807, 2.05) is 0 Å². The standard InChI is InChI=1S/C12H6Cl3NO2/c13-9-2-1-8(10(14)11(9)15)6-3-7(12(17)18)5-16-4-6/h1-5H,(H,17,18). The van der Waals surface area contributed by atoms with Gasteiger partial charge in [0.2, 0.25) is 0 Å². The summed E-state index contributed by atoms with van der Waals surface area (Å²) in [5.41, 5.74) is 1.23. The minimum absolute atomic E-state index is 0.0784. The lowest BCUT2D eigenvalue weighted by molar-refractivity contribution is 0.0696. The summed E-state index contributed by atoms with van der Waals surface area (Å²) in [6.45, 7) is 0. The van der Waals surface area contributed by atoms with Crippen LogP contribution in [0.2, 0.25) is 15.1 Å². The Morgan fingerprint density at radius 2 is 1.83 bits per heavy atom. The highest BCUT2D eigenvalue weighted by Gasteiger charge is 2.12. The molecule has 6 heteroatoms. The quantitative estimate of drug-likeness (QED) is 0.836. The van der Waals surface area contributed by atoms with Crippen LogP contribution in [-0.4, -0.2) is 16.1 Å². The first-order valence-corrected chi connectivity index (χ1v) is 5.96. The highest BCUT2D eigenvalue weighted by Crippen LogP contribution is 2.37. The van der Waals surface area contributed by atoms with E-state index < -0.39 is 5.97 Å². The molecule has 18 heavy (non-hydrogen) atoms. The number of rotatable bonds is 2. The van der Waals surface area contributed by atoms with Crippen molar-refractivity contribution < 1.29 is 9.90 Å². The summed E-state index contributed by atoms with van der Waals surface area (Å²) in [5.74, 6) is -1.06. The van der Waals surface area contributed by atoms with Gasteiger partial charge in [-0.1, -0.05) is 40.9 Å². The lowest BCUT2D eigenvalue weighted by Crippen LogP contribution is -1.97. The molecule has 1 N–H and O–H groups in total. The predicted octanol–water partition coefficient (Wildman–Crippen LogP) is 4.41. The average molecular weight is 303 g/mol. The van der Waals surface area contributed by atoms with E-state index in [4.69, 9.17) is 39.9 Å². The average Bonchev–Trinajstić information content (AvgIpc) is 2.36. The van der Waals surface area contributed by atoms with Crippen LogP contribution in [0.3, 0.4) is 0 Å². The molecule has 2 rings (SSSR count). The molecule has 0 radical (unpaired) electrons. The van der Waals surface area contributed by atoms with Crippen LogP contribution in [0.15, 0.2) is 30.6 Å². The maximum Gasteiger partial charge on any atom is 0.337 e. The molecular formula is C12H6Cl3NO2. The van der Waals surface area contributed by atoms with Crippen molar-refractivity contribution in [3.05, 3.63) is 51.2 Å². The number of carboxylic acid groups (broad SMARTS) is 1. The molecule has 0 aliphatic heterocycles. The summed E-state index contributed by atoms with van der Waals surface area (Å²) in [5, 5.41) is 9.75. The number of hydrogen-bond acceptors (Lipinski definition) is 2. The number of benzene rings is 1. The SMILES string of the molecule is O=C(O)c1cncc(-c2ccc(Cl)c(Cl)c2Cl)c1. The summed E-state index contributed by atoms with van der Waals surface area (Å²) >= 11 is 17.8. The molecule has 1 heterocycles. The number of halogens is 3. The van der Waals surface area contributed by atoms with Crippen molar-refractivity contribution in [1.29, 1.82) is 0 Å². The fourth-order valence-corrected chi connectivity index (χ4v) is 2.10. The van der Waals surface area contributed by atoms with Gasteiger partial charge < -0.3 is 5.11 Å². The van der Waals surface area contributed by atoms with Gasteiger partial charge in [-0.25, -0.2) is 4.79 Å². The first-order chi connectivity index (χ1) is 8.50. The number of nitrogens with zero attached hydrogens (tertiary/aromatic N) is 1. The van der Waals surface area contributed by atoms with Gasteiger partial charge in [-0.15, -0.1) is 0 Å². The zero-order valence-electron chi connectivity index (χ0n) is 8.82. The molecule has 0 saturated heterocycles. The van der Waals surface area contributed by atoms with Crippen molar-refractivity contribution in [3.8, 4) is 11.1 Å². The molecule has 0 spiro atoms. The van der Waals surface area contributed by atoms with Gasteiger partial charge in [-0.2, -0.15) is 0 Å². The van der Waals surface area contributed by atoms with Crippen molar-refractivity contribution in [1.82, 2.24) is 4.98 Å². The Balaban J connectivity index is 2.59. The summed E-state index contributed by atoms with van der Waals surface area (Å²) < 4.78 is 0. The van der Waals surface area contributed by atoms with E-state index >= 15 is 0 Å². The van der Waals surface area contributed by atoms with Crippen LogP contribution in [0.4, 0.5) is 0 Å². The number of hydrogen-bond donors (Lipinski definition) is 1. The molecule has 0 aliphatic carbocycles. The number of pyridine rings is 1. The van der Waals surface area contributed by atoms with Gasteiger partial charge in [0, 0.05) is 23.5 Å². The van der Waals surface area contributed by atoms with Crippen LogP contribution in [-0.2, 0) is 0 Å². The zero-order valence-corrected chi connectivity index (χ0v) is 11.1. The minimum atomic E-state index is -1.06. The molecule has 0 aliphatic rings. The van der Waals surface area contributed by atoms with E-state index in [1.165, 1.54) is 18.5 Å². The first-order valence-electron chi connectivity index (χ1n) is 4.83. The van der Waals surface area contributed by atoms with E-state index in [1.54, 1.807) is 12.1 Å². The second-order valence-electron chi connectivity index (χ2n) is 3.49. The summed E-state index contributed by atoms with van der Waals surface area (Å²) in [7, 11) is 0. The van der Waals surface area contributed by atoms with E-state index in [-0.39, 0.29) is 15.6 Å². The van der Waals surface area contributed by atoms with Crippen molar-refractivity contribution >= 4 is 40.8 Å². The Bertz CT molecular complexity index is 629. The van der Waals surface area contributed by atoms with Crippen molar-refractivity contribution in [3.63, 3.8) is 0 Å². The van der Waals surface area contributed by atoms with Crippen molar-refractivity contribution in [2.24, 2.45) is 0 Å². The Hall–Kier alpha value is -1.29. The lowest BCUT2D eigenvalue weighted by Gasteiger charge is -2.07. The zero-order chi connectivity index (χ0) is 13.3. The molecule has 2 aromatic rings. The maximum absolute atomic E-state index is 10.9. The fourth-order valence-electron chi connectivity index (χ4n) is 1.45. The summed E-state index contributed by atoms with van der Waals surface area (Å²) in [4.78, 5) is 14.7. The normalized spacial score (nSPS) is 10.4. The molecule has 3 nitrogen and oxygen atoms in total. The molecule has 0 atom stereocenters. The minimum Gasteiger partial charge on any atom is -0.478 e. The highest BCUT2D eigenvalue weighted by atomic mass is 35.5. The second kappa shape index (κ2) is 5.14. The number of aromatic nitrogens is 1. The summed E-state index contributed by atoms with van der Waals surface area (Å²) in [6, 6.07) is 4.73. The largest absolute Gasteiger partial charge is 0.478 e. The molecule has 0 unspecified atom stereocenters. The fraction of sp³-hybridized carbons (Fsp3) is 0. The monoisotopic (exact) mass is 301 g/mol. The Morgan fingerprint density at radius 1 is 1.11 bits per heavy atom. The molecule has 92 valence electrons. The first kappa shape index (κ1) is 13.1. The van der Waals surface area contributed by atoms with Gasteiger partial charge in [-0.3, -0.25) is 4.98 Å². The van der Waals surface area contributed by atoms with Gasteiger partial charge in [0.1, 0.15) is 0 Å². The van der Waals surface area contributed by atoms with Gasteiger partial charge >= 0.3 is 5.97 Å². The summed E-state index contributed by atoms with van der Waals surface area (Å²) in [6.07, 6.45) is 2.77. The highest BCUT2D eigenvalue weighted by molar-refractivity contribution is 6.49. The molecule has 0 fully saturated rings. The molecule has 1 aromatic carbocycles. The van der Waals surface area contributed by atoms with Crippen LogP contribution in [0, 0.1) is 0 Å². The molecule has 1 aromatic heterocycles. The van der Waals surface area contributed by atoms with E-state index in [0.29, 0.717) is 16.1 Å². The third-order valence-electron chi connectivity index (χ3n) is 2.33. The van der Waals surface area contributed by atoms with E-state index in [2.05, 4.69) is 4.98 Å². The van der Waals surface area contributed by atoms with Gasteiger partial charge in [0.15, 0.2) is 0 Å². The predicted molar refractivity (Wildman–Crippen MR) is 71.7 cm³/mol. The number of carboxylic acids is 1. The van der Waals surface area contributed by atoms with Crippen LogP contribution in [0.1, 0.15) is 10.4 Å². The maximum atomic E-state index is 10.9. The topological polar surface area (TPSA) is 50.2 Å². The molecule has 0 amide bonds. The molecule has 0 bridgehead atoms. The van der Waals surface area contributed by atoms with Crippen LogP contribution in [0.5, 0.6) is 0 Å². The third-order valence-corrected chi connectivity index (χ3v) is 3.62. The van der Waals surface area contributed by atoms with Gasteiger partial charge in [0.25, 0.3) is 0 Å². The van der Waals surface area contributed by atoms with Gasteiger partial charge in [0.05, 0.1) is 20.6 Å². The van der Waals surface area contributed by atoms with Gasteiger partial charge in [-0.05, 0) is 12.1 Å². The Kier molecular flexibility index (Phi) is 3.76. The van der Waals surface area contributed by atoms with E-state index in [9.17, 15) is 4.79 Å². The number of carbonyl (C=O) groups is 1. The third kappa shape index (κ3) is 2.43. The molecule has 0 saturated carbocycles. The molecular weight excluding hydrogens is 296 g/mol. The number of aromatic carboxylic acids is 1.